The molecule has 1 aromatic heterocycles. The summed E-state index contributed by atoms with van der Waals surface area (Å²) in [4.78, 5) is 18.3. The third kappa shape index (κ3) is 3.64. The number of hydrogen-bond donors (Lipinski definition) is 0. The highest BCUT2D eigenvalue weighted by molar-refractivity contribution is 5.67. The lowest BCUT2D eigenvalue weighted by Crippen LogP contribution is -2.29. The van der Waals surface area contributed by atoms with Crippen molar-refractivity contribution in [3.05, 3.63) is 59.2 Å². The number of nitrogens with zero attached hydrogens (tertiary/aromatic N) is 4. The molecule has 4 rings (SSSR count). The highest BCUT2D eigenvalue weighted by atomic mass is 16.5. The van der Waals surface area contributed by atoms with Crippen LogP contribution < -0.4 is 0 Å². The summed E-state index contributed by atoms with van der Waals surface area (Å²) in [5.74, 6) is 1.17. The van der Waals surface area contributed by atoms with Crippen molar-refractivity contribution >= 4 is 6.29 Å². The normalized spacial score (nSPS) is 17.7. The second-order valence-electron chi connectivity index (χ2n) is 7.78. The molecule has 0 saturated carbocycles. The number of rotatable bonds is 7. The van der Waals surface area contributed by atoms with Gasteiger partial charge in [-0.2, -0.15) is 10.2 Å². The van der Waals surface area contributed by atoms with E-state index < -0.39 is 0 Å². The van der Waals surface area contributed by atoms with Crippen LogP contribution in [0.5, 0.6) is 0 Å². The molecule has 6 heteroatoms. The lowest BCUT2D eigenvalue weighted by molar-refractivity contribution is -0.109. The highest BCUT2D eigenvalue weighted by Crippen LogP contribution is 2.44. The van der Waals surface area contributed by atoms with Gasteiger partial charge in [-0.1, -0.05) is 36.3 Å². The molecule has 1 aliphatic carbocycles. The zero-order valence-corrected chi connectivity index (χ0v) is 17.2. The molecule has 3 aromatic rings. The van der Waals surface area contributed by atoms with Gasteiger partial charge in [0.15, 0.2) is 0 Å². The van der Waals surface area contributed by atoms with Crippen LogP contribution in [0.2, 0.25) is 0 Å². The fourth-order valence-electron chi connectivity index (χ4n) is 4.54. The van der Waals surface area contributed by atoms with Gasteiger partial charge in [0.2, 0.25) is 5.82 Å². The number of hydrogen-bond acceptors (Lipinski definition) is 6. The van der Waals surface area contributed by atoms with Crippen LogP contribution in [0.4, 0.5) is 0 Å². The van der Waals surface area contributed by atoms with Gasteiger partial charge in [0.25, 0.3) is 5.89 Å². The maximum atomic E-state index is 11.3. The van der Waals surface area contributed by atoms with Gasteiger partial charge in [0, 0.05) is 23.6 Å². The van der Waals surface area contributed by atoms with Crippen molar-refractivity contribution in [1.82, 2.24) is 15.0 Å². The molecule has 6 nitrogen and oxygen atoms in total. The van der Waals surface area contributed by atoms with Gasteiger partial charge in [0.05, 0.1) is 11.6 Å². The van der Waals surface area contributed by atoms with Crippen LogP contribution in [0.25, 0.3) is 22.8 Å². The Balaban J connectivity index is 1.72. The summed E-state index contributed by atoms with van der Waals surface area (Å²) in [5.41, 5.74) is 4.65. The fourth-order valence-corrected chi connectivity index (χ4v) is 4.54. The number of fused-ring (bicyclic) bond motifs is 1. The molecule has 0 fully saturated rings. The van der Waals surface area contributed by atoms with Gasteiger partial charge in [-0.15, -0.1) is 0 Å². The molecule has 1 aliphatic rings. The number of nitriles is 1. The van der Waals surface area contributed by atoms with Gasteiger partial charge >= 0.3 is 0 Å². The first-order valence-electron chi connectivity index (χ1n) is 10.3. The minimum absolute atomic E-state index is 0.212. The topological polar surface area (TPSA) is 83.0 Å². The Morgan fingerprint density at radius 2 is 2.13 bits per heavy atom. The number of carbonyl (C=O) groups is 1. The smallest absolute Gasteiger partial charge is 0.258 e. The summed E-state index contributed by atoms with van der Waals surface area (Å²) in [7, 11) is 2.13. The van der Waals surface area contributed by atoms with Crippen molar-refractivity contribution in [3.8, 4) is 28.9 Å². The molecule has 0 amide bonds. The van der Waals surface area contributed by atoms with Crippen molar-refractivity contribution in [1.29, 1.82) is 5.26 Å². The number of benzene rings is 2. The summed E-state index contributed by atoms with van der Waals surface area (Å²) in [5, 5.41) is 13.3. The maximum absolute atomic E-state index is 11.3. The van der Waals surface area contributed by atoms with E-state index >= 15 is 0 Å². The lowest BCUT2D eigenvalue weighted by Gasteiger charge is -2.29. The van der Waals surface area contributed by atoms with Crippen molar-refractivity contribution in [3.63, 3.8) is 0 Å². The lowest BCUT2D eigenvalue weighted by atomic mass is 9.96. The van der Waals surface area contributed by atoms with E-state index in [0.29, 0.717) is 23.7 Å². The van der Waals surface area contributed by atoms with Crippen molar-refractivity contribution in [2.75, 3.05) is 13.6 Å². The summed E-state index contributed by atoms with van der Waals surface area (Å²) in [6.07, 6.45) is 3.44. The zero-order chi connectivity index (χ0) is 21.1. The predicted molar refractivity (Wildman–Crippen MR) is 113 cm³/mol. The average Bonchev–Trinajstić information content (AvgIpc) is 3.39. The third-order valence-corrected chi connectivity index (χ3v) is 5.80. The van der Waals surface area contributed by atoms with Crippen LogP contribution >= 0.6 is 0 Å². The van der Waals surface area contributed by atoms with Crippen LogP contribution in [0, 0.1) is 17.2 Å². The molecular formula is C24H24N4O2. The van der Waals surface area contributed by atoms with Crippen LogP contribution in [0.3, 0.4) is 0 Å². The Labute approximate surface area is 176 Å². The molecule has 152 valence electrons. The molecule has 0 radical (unpaired) electrons. The molecular weight excluding hydrogens is 376 g/mol. The standard InChI is InChI=1S/C24H24N4O2/c1-3-11-28(2)22-17(10-12-29)14-21-19(22)8-5-9-20(21)23-26-24(30-27-23)18-7-4-6-16(13-18)15-25/h4-9,12-13,17,22H,3,10-11,14H2,1-2H3. The van der Waals surface area contributed by atoms with E-state index in [1.807, 2.05) is 18.2 Å². The quantitative estimate of drug-likeness (QED) is 0.546. The molecule has 0 bridgehead atoms. The van der Waals surface area contributed by atoms with E-state index in [1.165, 1.54) is 11.1 Å². The highest BCUT2D eigenvalue weighted by Gasteiger charge is 2.36. The minimum atomic E-state index is 0.212. The summed E-state index contributed by atoms with van der Waals surface area (Å²) in [6.45, 7) is 3.14. The molecule has 2 aromatic carbocycles. The van der Waals surface area contributed by atoms with Gasteiger partial charge < -0.3 is 9.32 Å². The first-order valence-corrected chi connectivity index (χ1v) is 10.3. The zero-order valence-electron chi connectivity index (χ0n) is 17.2. The first-order chi connectivity index (χ1) is 14.7. The van der Waals surface area contributed by atoms with E-state index in [4.69, 9.17) is 9.78 Å². The predicted octanol–water partition coefficient (Wildman–Crippen LogP) is 4.42. The maximum Gasteiger partial charge on any atom is 0.258 e. The van der Waals surface area contributed by atoms with Gasteiger partial charge in [-0.25, -0.2) is 0 Å². The summed E-state index contributed by atoms with van der Waals surface area (Å²) in [6, 6.07) is 15.7. The fraction of sp³-hybridized carbons (Fsp3) is 0.333. The molecule has 0 spiro atoms. The molecule has 30 heavy (non-hydrogen) atoms. The van der Waals surface area contributed by atoms with Gasteiger partial charge in [-0.3, -0.25) is 4.90 Å². The monoisotopic (exact) mass is 400 g/mol. The minimum Gasteiger partial charge on any atom is -0.334 e. The number of aromatic nitrogens is 2. The van der Waals surface area contributed by atoms with E-state index in [1.54, 1.807) is 18.2 Å². The van der Waals surface area contributed by atoms with Crippen molar-refractivity contribution in [2.45, 2.75) is 32.2 Å². The Morgan fingerprint density at radius 1 is 1.30 bits per heavy atom. The largest absolute Gasteiger partial charge is 0.334 e. The average molecular weight is 400 g/mol. The molecule has 0 N–H and O–H groups in total. The first kappa shape index (κ1) is 20.0. The summed E-state index contributed by atoms with van der Waals surface area (Å²) >= 11 is 0. The Kier molecular flexibility index (Phi) is 5.73. The second-order valence-corrected chi connectivity index (χ2v) is 7.78. The van der Waals surface area contributed by atoms with E-state index in [9.17, 15) is 4.79 Å². The van der Waals surface area contributed by atoms with Crippen molar-refractivity contribution < 1.29 is 9.32 Å². The Hall–Kier alpha value is -3.30. The van der Waals surface area contributed by atoms with Crippen molar-refractivity contribution in [2.24, 2.45) is 5.92 Å². The SMILES string of the molecule is CCCN(C)C1c2cccc(-c3noc(-c4cccc(C#N)c4)n3)c2CC1CC=O. The van der Waals surface area contributed by atoms with Gasteiger partial charge in [0.1, 0.15) is 6.29 Å². The van der Waals surface area contributed by atoms with Gasteiger partial charge in [-0.05, 0) is 61.7 Å². The Bertz CT molecular complexity index is 1100. The molecule has 2 unspecified atom stereocenters. The van der Waals surface area contributed by atoms with E-state index in [0.717, 1.165) is 36.8 Å². The molecule has 2 atom stereocenters. The Morgan fingerprint density at radius 3 is 2.90 bits per heavy atom. The van der Waals surface area contributed by atoms with Crippen LogP contribution in [-0.4, -0.2) is 34.9 Å². The summed E-state index contributed by atoms with van der Waals surface area (Å²) < 4.78 is 5.51. The van der Waals surface area contributed by atoms with Crippen LogP contribution in [-0.2, 0) is 11.2 Å². The van der Waals surface area contributed by atoms with Crippen LogP contribution in [0.15, 0.2) is 47.0 Å². The molecule has 1 heterocycles. The van der Waals surface area contributed by atoms with E-state index in [2.05, 4.69) is 41.1 Å². The third-order valence-electron chi connectivity index (χ3n) is 5.80. The van der Waals surface area contributed by atoms with E-state index in [-0.39, 0.29) is 12.0 Å². The molecule has 0 saturated heterocycles. The number of aldehydes is 1. The number of carbonyl (C=O) groups excluding carboxylic acids is 1. The second kappa shape index (κ2) is 8.60. The van der Waals surface area contributed by atoms with Crippen LogP contribution in [0.1, 0.15) is 42.5 Å². The molecule has 0 aliphatic heterocycles.